The summed E-state index contributed by atoms with van der Waals surface area (Å²) in [4.78, 5) is 2.30. The minimum Gasteiger partial charge on any atom is -0.305 e. The monoisotopic (exact) mass is 223 g/mol. The van der Waals surface area contributed by atoms with Gasteiger partial charge in [-0.3, -0.25) is 0 Å². The fourth-order valence-electron chi connectivity index (χ4n) is 1.57. The minimum absolute atomic E-state index is 0.110. The van der Waals surface area contributed by atoms with Crippen molar-refractivity contribution in [2.24, 2.45) is 0 Å². The Kier molecular flexibility index (Phi) is 4.31. The van der Waals surface area contributed by atoms with Gasteiger partial charge in [-0.1, -0.05) is 59.0 Å². The molecule has 0 fully saturated rings. The molecule has 0 amide bonds. The fourth-order valence-corrected chi connectivity index (χ4v) is 4.03. The third-order valence-corrected chi connectivity index (χ3v) is 5.69. The summed E-state index contributed by atoms with van der Waals surface area (Å²) in [6.07, 6.45) is 1.17. The average Bonchev–Trinajstić information content (AvgIpc) is 2.14. The molecule has 15 heavy (non-hydrogen) atoms. The molecule has 0 N–H and O–H groups in total. The van der Waals surface area contributed by atoms with Crippen LogP contribution in [0.2, 0.25) is 0 Å². The molecule has 0 aliphatic heterocycles. The van der Waals surface area contributed by atoms with Gasteiger partial charge in [0.25, 0.3) is 0 Å². The SMILES string of the molecule is CN(C)CP(c1ccccc1)C(C)(C)C. The molecular formula is C13H22NP. The van der Waals surface area contributed by atoms with E-state index in [4.69, 9.17) is 0 Å². The average molecular weight is 223 g/mol. The van der Waals surface area contributed by atoms with Crippen LogP contribution < -0.4 is 5.30 Å². The lowest BCUT2D eigenvalue weighted by molar-refractivity contribution is 0.478. The first-order chi connectivity index (χ1) is 6.91. The van der Waals surface area contributed by atoms with Crippen LogP contribution in [0.3, 0.4) is 0 Å². The van der Waals surface area contributed by atoms with Crippen LogP contribution in [0.4, 0.5) is 0 Å². The molecule has 0 heterocycles. The number of hydrogen-bond acceptors (Lipinski definition) is 1. The van der Waals surface area contributed by atoms with Crippen LogP contribution in [0.1, 0.15) is 20.8 Å². The van der Waals surface area contributed by atoms with Crippen LogP contribution in [0.25, 0.3) is 0 Å². The van der Waals surface area contributed by atoms with Crippen LogP contribution in [-0.2, 0) is 0 Å². The molecule has 0 spiro atoms. The summed E-state index contributed by atoms with van der Waals surface area (Å²) >= 11 is 0. The molecule has 1 unspecified atom stereocenters. The van der Waals surface area contributed by atoms with Gasteiger partial charge >= 0.3 is 0 Å². The van der Waals surface area contributed by atoms with Crippen molar-refractivity contribution in [1.29, 1.82) is 0 Å². The standard InChI is InChI=1S/C13H22NP/c1-13(2,3)15(11-14(4)5)12-9-7-6-8-10-12/h6-10H,11H2,1-5H3. The summed E-state index contributed by atoms with van der Waals surface area (Å²) in [5.41, 5.74) is 0. The third-order valence-electron chi connectivity index (χ3n) is 2.30. The summed E-state index contributed by atoms with van der Waals surface area (Å²) in [7, 11) is 4.20. The van der Waals surface area contributed by atoms with E-state index in [1.807, 2.05) is 0 Å². The van der Waals surface area contributed by atoms with Gasteiger partial charge in [0.05, 0.1) is 0 Å². The van der Waals surface area contributed by atoms with Crippen molar-refractivity contribution in [3.63, 3.8) is 0 Å². The Morgan fingerprint density at radius 2 is 1.60 bits per heavy atom. The van der Waals surface area contributed by atoms with Crippen molar-refractivity contribution in [3.8, 4) is 0 Å². The van der Waals surface area contributed by atoms with E-state index in [2.05, 4.69) is 70.1 Å². The molecule has 84 valence electrons. The molecule has 0 radical (unpaired) electrons. The minimum atomic E-state index is -0.110. The van der Waals surface area contributed by atoms with Gasteiger partial charge in [-0.15, -0.1) is 0 Å². The quantitative estimate of drug-likeness (QED) is 0.712. The van der Waals surface area contributed by atoms with Crippen molar-refractivity contribution >= 4 is 13.2 Å². The highest BCUT2D eigenvalue weighted by atomic mass is 31.1. The zero-order chi connectivity index (χ0) is 11.5. The Morgan fingerprint density at radius 3 is 2.00 bits per heavy atom. The van der Waals surface area contributed by atoms with Gasteiger partial charge in [0, 0.05) is 6.29 Å². The summed E-state index contributed by atoms with van der Waals surface area (Å²) in [5.74, 6) is 0. The molecule has 1 aromatic carbocycles. The molecular weight excluding hydrogens is 201 g/mol. The van der Waals surface area contributed by atoms with E-state index in [0.717, 1.165) is 0 Å². The lowest BCUT2D eigenvalue weighted by atomic mass is 10.3. The summed E-state index contributed by atoms with van der Waals surface area (Å²) < 4.78 is 0. The first kappa shape index (κ1) is 12.7. The van der Waals surface area contributed by atoms with Gasteiger partial charge in [-0.25, -0.2) is 0 Å². The molecule has 0 aliphatic carbocycles. The van der Waals surface area contributed by atoms with Crippen LogP contribution in [-0.4, -0.2) is 30.4 Å². The summed E-state index contributed by atoms with van der Waals surface area (Å²) in [6, 6.07) is 10.9. The van der Waals surface area contributed by atoms with Gasteiger partial charge in [0.1, 0.15) is 0 Å². The van der Waals surface area contributed by atoms with Gasteiger partial charge in [-0.2, -0.15) is 0 Å². The van der Waals surface area contributed by atoms with Crippen LogP contribution >= 0.6 is 7.92 Å². The number of nitrogens with zero attached hydrogens (tertiary/aromatic N) is 1. The van der Waals surface area contributed by atoms with Crippen molar-refractivity contribution < 1.29 is 0 Å². The maximum Gasteiger partial charge on any atom is 0.0223 e. The zero-order valence-corrected chi connectivity index (χ0v) is 11.4. The lowest BCUT2D eigenvalue weighted by Crippen LogP contribution is -2.26. The second-order valence-electron chi connectivity index (χ2n) is 5.16. The lowest BCUT2D eigenvalue weighted by Gasteiger charge is -2.33. The molecule has 1 nitrogen and oxygen atoms in total. The number of rotatable bonds is 3. The maximum absolute atomic E-state index is 2.34. The Labute approximate surface area is 95.2 Å². The Hall–Kier alpha value is -0.390. The topological polar surface area (TPSA) is 3.24 Å². The second-order valence-corrected chi connectivity index (χ2v) is 8.15. The molecule has 1 rings (SSSR count). The van der Waals surface area contributed by atoms with E-state index >= 15 is 0 Å². The first-order valence-corrected chi connectivity index (χ1v) is 6.91. The highest BCUT2D eigenvalue weighted by Crippen LogP contribution is 2.48. The Morgan fingerprint density at radius 1 is 1.07 bits per heavy atom. The van der Waals surface area contributed by atoms with E-state index in [-0.39, 0.29) is 7.92 Å². The highest BCUT2D eigenvalue weighted by Gasteiger charge is 2.25. The fraction of sp³-hybridized carbons (Fsp3) is 0.538. The molecule has 0 aliphatic rings. The normalized spacial score (nSPS) is 14.3. The van der Waals surface area contributed by atoms with Gasteiger partial charge < -0.3 is 4.90 Å². The first-order valence-electron chi connectivity index (χ1n) is 5.38. The van der Waals surface area contributed by atoms with E-state index in [9.17, 15) is 0 Å². The Bertz CT molecular complexity index is 287. The highest BCUT2D eigenvalue weighted by molar-refractivity contribution is 7.67. The number of hydrogen-bond donors (Lipinski definition) is 0. The maximum atomic E-state index is 2.34. The summed E-state index contributed by atoms with van der Waals surface area (Å²) in [5, 5.41) is 1.88. The predicted octanol–water partition coefficient (Wildman–Crippen LogP) is 3.11. The third kappa shape index (κ3) is 3.93. The largest absolute Gasteiger partial charge is 0.305 e. The summed E-state index contributed by atoms with van der Waals surface area (Å²) in [6.45, 7) is 7.03. The van der Waals surface area contributed by atoms with Crippen LogP contribution in [0.15, 0.2) is 30.3 Å². The molecule has 1 atom stereocenters. The van der Waals surface area contributed by atoms with E-state index < -0.39 is 0 Å². The molecule has 2 heteroatoms. The van der Waals surface area contributed by atoms with Crippen molar-refractivity contribution in [2.75, 3.05) is 20.4 Å². The number of benzene rings is 1. The van der Waals surface area contributed by atoms with Gasteiger partial charge in [0.15, 0.2) is 0 Å². The molecule has 0 saturated carbocycles. The Balaban J connectivity index is 2.92. The zero-order valence-electron chi connectivity index (χ0n) is 10.5. The second kappa shape index (κ2) is 5.09. The van der Waals surface area contributed by atoms with Crippen LogP contribution in [0, 0.1) is 0 Å². The molecule has 0 saturated heterocycles. The molecule has 0 bridgehead atoms. The molecule has 1 aromatic rings. The predicted molar refractivity (Wildman–Crippen MR) is 71.3 cm³/mol. The van der Waals surface area contributed by atoms with Crippen molar-refractivity contribution in [3.05, 3.63) is 30.3 Å². The molecule has 0 aromatic heterocycles. The van der Waals surface area contributed by atoms with Crippen molar-refractivity contribution in [2.45, 2.75) is 25.9 Å². The van der Waals surface area contributed by atoms with Crippen LogP contribution in [0.5, 0.6) is 0 Å². The van der Waals surface area contributed by atoms with Crippen molar-refractivity contribution in [1.82, 2.24) is 4.90 Å². The van der Waals surface area contributed by atoms with E-state index in [1.54, 1.807) is 0 Å². The smallest absolute Gasteiger partial charge is 0.0223 e. The van der Waals surface area contributed by atoms with E-state index in [0.29, 0.717) is 5.16 Å². The van der Waals surface area contributed by atoms with E-state index in [1.165, 1.54) is 11.6 Å². The van der Waals surface area contributed by atoms with Gasteiger partial charge in [-0.05, 0) is 24.6 Å². The van der Waals surface area contributed by atoms with Gasteiger partial charge in [0.2, 0.25) is 0 Å².